The van der Waals surface area contributed by atoms with Crippen molar-refractivity contribution in [2.75, 3.05) is 0 Å². The van der Waals surface area contributed by atoms with Crippen LogP contribution in [0, 0.1) is 6.54 Å². The van der Waals surface area contributed by atoms with Gasteiger partial charge in [0.25, 0.3) is 5.89 Å². The summed E-state index contributed by atoms with van der Waals surface area (Å²) in [6.07, 6.45) is 4.58. The molecule has 5 nitrogen and oxygen atoms in total. The molecule has 0 bridgehead atoms. The number of ether oxygens (including phenoxy) is 1. The Morgan fingerprint density at radius 1 is 1.03 bits per heavy atom. The molecule has 0 saturated heterocycles. The maximum Gasteiger partial charge on any atom is 0.272 e. The summed E-state index contributed by atoms with van der Waals surface area (Å²) in [6.45, 7) is 5.18. The van der Waals surface area contributed by atoms with Gasteiger partial charge in [0.1, 0.15) is 5.75 Å². The van der Waals surface area contributed by atoms with Gasteiger partial charge >= 0.3 is 0 Å². The minimum absolute atomic E-state index is 0.376. The lowest BCUT2D eigenvalue weighted by molar-refractivity contribution is -0.840. The molecule has 5 rings (SSSR count). The number of aryl methyl sites for hydroxylation is 1. The highest BCUT2D eigenvalue weighted by molar-refractivity contribution is 6.30. The molecular weight excluding hydrogens is 434 g/mol. The lowest BCUT2D eigenvalue weighted by Gasteiger charge is -2.29. The van der Waals surface area contributed by atoms with Gasteiger partial charge in [0, 0.05) is 21.7 Å². The summed E-state index contributed by atoms with van der Waals surface area (Å²) in [7, 11) is 0. The molecule has 33 heavy (non-hydrogen) atoms. The first-order valence-corrected chi connectivity index (χ1v) is 11.4. The predicted octanol–water partition coefficient (Wildman–Crippen LogP) is 5.19. The third-order valence-electron chi connectivity index (χ3n) is 5.64. The molecule has 0 amide bonds. The summed E-state index contributed by atoms with van der Waals surface area (Å²) in [5.41, 5.74) is 4.22. The zero-order valence-electron chi connectivity index (χ0n) is 18.2. The van der Waals surface area contributed by atoms with E-state index < -0.39 is 6.10 Å². The number of nitrogens with one attached hydrogen (secondary N) is 1. The quantitative estimate of drug-likeness (QED) is 0.370. The first-order chi connectivity index (χ1) is 16.2. The van der Waals surface area contributed by atoms with E-state index in [1.165, 1.54) is 16.0 Å². The largest absolute Gasteiger partial charge is 0.476 e. The molecule has 166 valence electrons. The standard InChI is InChI=1S/C27H24ClN3O2/c1-2-19-9-13-24(14-10-19)32-25(22-5-3-6-23(28)17-22)27-29-26(30-33-27)21-11-7-20(8-12-21)18-31-15-4-16-31/h3-17,25,31H,2,18H2,1H3. The topological polar surface area (TPSA) is 52.6 Å². The molecular formula is C27H24ClN3O2. The summed E-state index contributed by atoms with van der Waals surface area (Å²) in [4.78, 5) is 6.00. The van der Waals surface area contributed by atoms with Crippen LogP contribution in [0.25, 0.3) is 11.4 Å². The molecule has 1 aromatic heterocycles. The van der Waals surface area contributed by atoms with Crippen molar-refractivity contribution in [3.8, 4) is 17.1 Å². The average molecular weight is 458 g/mol. The number of hydrogen-bond donors (Lipinski definition) is 1. The molecule has 2 unspecified atom stereocenters. The number of quaternary nitrogens is 1. The molecule has 0 fully saturated rings. The second-order valence-corrected chi connectivity index (χ2v) is 8.42. The molecule has 0 aliphatic carbocycles. The minimum atomic E-state index is -0.575. The lowest BCUT2D eigenvalue weighted by atomic mass is 10.1. The SMILES string of the molecule is CCc1ccc(OC(c2cccc(Cl)c2)c2nc(-c3ccc(C[NH+]4C=C[CH-]4)cc3)no2)cc1. The Labute approximate surface area is 198 Å². The summed E-state index contributed by atoms with van der Waals surface area (Å²) in [6, 6.07) is 23.8. The van der Waals surface area contributed by atoms with Crippen LogP contribution in [-0.2, 0) is 13.0 Å². The average Bonchev–Trinajstić information content (AvgIpc) is 3.30. The first kappa shape index (κ1) is 21.3. The molecule has 1 aliphatic heterocycles. The van der Waals surface area contributed by atoms with Gasteiger partial charge in [-0.15, -0.1) is 6.08 Å². The Morgan fingerprint density at radius 3 is 2.45 bits per heavy atom. The number of halogens is 1. The second kappa shape index (κ2) is 9.53. The highest BCUT2D eigenvalue weighted by atomic mass is 35.5. The van der Waals surface area contributed by atoms with Crippen LogP contribution in [0.2, 0.25) is 5.02 Å². The van der Waals surface area contributed by atoms with Crippen LogP contribution in [-0.4, -0.2) is 10.1 Å². The molecule has 2 atom stereocenters. The van der Waals surface area contributed by atoms with E-state index in [1.807, 2.05) is 48.5 Å². The number of nitrogens with zero attached hydrogens (tertiary/aromatic N) is 2. The van der Waals surface area contributed by atoms with E-state index in [9.17, 15) is 0 Å². The minimum Gasteiger partial charge on any atom is -0.476 e. The monoisotopic (exact) mass is 457 g/mol. The van der Waals surface area contributed by atoms with Crippen LogP contribution in [0.3, 0.4) is 0 Å². The van der Waals surface area contributed by atoms with Crippen LogP contribution in [0.15, 0.2) is 89.6 Å². The Kier molecular flexibility index (Phi) is 6.15. The normalized spacial score (nSPS) is 15.5. The van der Waals surface area contributed by atoms with Gasteiger partial charge in [-0.3, -0.25) is 0 Å². The van der Waals surface area contributed by atoms with E-state index in [0.717, 1.165) is 29.8 Å². The third kappa shape index (κ3) is 4.95. The fraction of sp³-hybridized carbons (Fsp3) is 0.148. The van der Waals surface area contributed by atoms with E-state index >= 15 is 0 Å². The van der Waals surface area contributed by atoms with Crippen LogP contribution < -0.4 is 9.64 Å². The van der Waals surface area contributed by atoms with Gasteiger partial charge in [-0.25, -0.2) is 0 Å². The van der Waals surface area contributed by atoms with E-state index in [0.29, 0.717) is 16.7 Å². The highest BCUT2D eigenvalue weighted by Gasteiger charge is 2.24. The van der Waals surface area contributed by atoms with E-state index in [2.05, 4.69) is 60.2 Å². The van der Waals surface area contributed by atoms with E-state index in [1.54, 1.807) is 0 Å². The Balaban J connectivity index is 1.41. The van der Waals surface area contributed by atoms with Gasteiger partial charge in [-0.1, -0.05) is 85.0 Å². The van der Waals surface area contributed by atoms with Crippen molar-refractivity contribution in [2.45, 2.75) is 26.0 Å². The van der Waals surface area contributed by atoms with Gasteiger partial charge in [0.05, 0.1) is 6.54 Å². The summed E-state index contributed by atoms with van der Waals surface area (Å²) < 4.78 is 12.0. The van der Waals surface area contributed by atoms with Crippen molar-refractivity contribution in [1.82, 2.24) is 10.1 Å². The van der Waals surface area contributed by atoms with E-state index in [-0.39, 0.29) is 0 Å². The van der Waals surface area contributed by atoms with Crippen molar-refractivity contribution in [3.05, 3.63) is 119 Å². The fourth-order valence-corrected chi connectivity index (χ4v) is 3.89. The Hall–Kier alpha value is -3.54. The summed E-state index contributed by atoms with van der Waals surface area (Å²) in [5.74, 6) is 1.62. The van der Waals surface area contributed by atoms with Gasteiger partial charge < -0.3 is 14.2 Å². The van der Waals surface area contributed by atoms with Crippen LogP contribution in [0.1, 0.15) is 35.6 Å². The third-order valence-corrected chi connectivity index (χ3v) is 5.88. The van der Waals surface area contributed by atoms with Crippen LogP contribution in [0.5, 0.6) is 5.75 Å². The molecule has 0 saturated carbocycles. The Morgan fingerprint density at radius 2 is 1.79 bits per heavy atom. The maximum absolute atomic E-state index is 6.30. The molecule has 2 heterocycles. The Bertz CT molecular complexity index is 1250. The molecule has 1 N–H and O–H groups in total. The van der Waals surface area contributed by atoms with Crippen molar-refractivity contribution in [2.24, 2.45) is 0 Å². The number of benzene rings is 3. The lowest BCUT2D eigenvalue weighted by Crippen LogP contribution is -3.06. The van der Waals surface area contributed by atoms with Gasteiger partial charge in [-0.05, 0) is 36.2 Å². The molecule has 0 spiro atoms. The first-order valence-electron chi connectivity index (χ1n) is 11.0. The second-order valence-electron chi connectivity index (χ2n) is 7.98. The summed E-state index contributed by atoms with van der Waals surface area (Å²) >= 11 is 6.26. The van der Waals surface area contributed by atoms with Crippen LogP contribution in [0.4, 0.5) is 0 Å². The highest BCUT2D eigenvalue weighted by Crippen LogP contribution is 2.30. The molecule has 6 heteroatoms. The smallest absolute Gasteiger partial charge is 0.272 e. The molecule has 1 aliphatic rings. The number of hydrogen-bond acceptors (Lipinski definition) is 4. The molecule has 3 aromatic carbocycles. The maximum atomic E-state index is 6.30. The van der Waals surface area contributed by atoms with Crippen molar-refractivity contribution in [1.29, 1.82) is 0 Å². The van der Waals surface area contributed by atoms with Crippen LogP contribution >= 0.6 is 11.6 Å². The van der Waals surface area contributed by atoms with E-state index in [4.69, 9.17) is 20.9 Å². The predicted molar refractivity (Wildman–Crippen MR) is 128 cm³/mol. The van der Waals surface area contributed by atoms with Gasteiger partial charge in [0.2, 0.25) is 11.9 Å². The molecule has 4 aromatic rings. The zero-order valence-corrected chi connectivity index (χ0v) is 19.0. The summed E-state index contributed by atoms with van der Waals surface area (Å²) in [5, 5.41) is 4.84. The van der Waals surface area contributed by atoms with Crippen molar-refractivity contribution in [3.63, 3.8) is 0 Å². The number of rotatable bonds is 8. The van der Waals surface area contributed by atoms with Gasteiger partial charge in [-0.2, -0.15) is 4.98 Å². The molecule has 0 radical (unpaired) electrons. The zero-order chi connectivity index (χ0) is 22.6. The number of aromatic nitrogens is 2. The fourth-order valence-electron chi connectivity index (χ4n) is 3.69. The van der Waals surface area contributed by atoms with Gasteiger partial charge in [0.15, 0.2) is 0 Å². The van der Waals surface area contributed by atoms with Crippen molar-refractivity contribution >= 4 is 11.6 Å². The van der Waals surface area contributed by atoms with Crippen molar-refractivity contribution < 1.29 is 14.2 Å².